The van der Waals surface area contributed by atoms with E-state index in [0.29, 0.717) is 29.7 Å². The van der Waals surface area contributed by atoms with Crippen LogP contribution in [0, 0.1) is 17.2 Å². The van der Waals surface area contributed by atoms with Gasteiger partial charge in [0.15, 0.2) is 0 Å². The molecular weight excluding hydrogens is 480 g/mol. The van der Waals surface area contributed by atoms with E-state index in [2.05, 4.69) is 28.3 Å². The van der Waals surface area contributed by atoms with E-state index in [0.717, 1.165) is 53.8 Å². The highest BCUT2D eigenvalue weighted by Gasteiger charge is 2.22. The second-order valence-corrected chi connectivity index (χ2v) is 9.83. The number of ether oxygens (including phenoxy) is 1. The number of fused-ring (bicyclic) bond motifs is 1. The van der Waals surface area contributed by atoms with E-state index in [4.69, 9.17) is 14.8 Å². The zero-order valence-corrected chi connectivity index (χ0v) is 21.5. The number of likely N-dealkylation sites (tertiary alicyclic amines) is 1. The van der Waals surface area contributed by atoms with Crippen molar-refractivity contribution in [1.29, 1.82) is 5.26 Å². The van der Waals surface area contributed by atoms with Gasteiger partial charge in [-0.25, -0.2) is 14.8 Å². The van der Waals surface area contributed by atoms with E-state index in [1.165, 1.54) is 0 Å². The molecule has 2 aromatic carbocycles. The normalized spacial score (nSPS) is 16.6. The Morgan fingerprint density at radius 1 is 1.21 bits per heavy atom. The second kappa shape index (κ2) is 10.9. The van der Waals surface area contributed by atoms with Crippen LogP contribution in [-0.2, 0) is 0 Å². The first-order valence-corrected chi connectivity index (χ1v) is 12.7. The smallest absolute Gasteiger partial charge is 0.405 e. The van der Waals surface area contributed by atoms with Gasteiger partial charge in [0.05, 0.1) is 48.2 Å². The van der Waals surface area contributed by atoms with Crippen molar-refractivity contribution in [2.24, 2.45) is 5.92 Å². The molecule has 1 amide bonds. The standard InChI is InChI=1S/C29H30N6O3/c1-19(32-29(36)37)22-9-11-24(12-10-22)27-26(23-7-5-20(14-30)6-8-23)33-28(25-15-31-18-35(25)27)38-17-21-4-3-13-34(2)16-21/h5-12,15,18-19,21,32H,3-4,13,16-17H2,1-2H3,(H,36,37)/t19?,21-/m1/s1. The molecule has 2 N–H and O–H groups in total. The minimum atomic E-state index is -1.07. The summed E-state index contributed by atoms with van der Waals surface area (Å²) < 4.78 is 8.32. The summed E-state index contributed by atoms with van der Waals surface area (Å²) in [5.74, 6) is 0.959. The number of carboxylic acid groups (broad SMARTS) is 1. The highest BCUT2D eigenvalue weighted by atomic mass is 16.5. The molecule has 194 valence electrons. The first-order valence-electron chi connectivity index (χ1n) is 12.7. The van der Waals surface area contributed by atoms with Crippen molar-refractivity contribution < 1.29 is 14.6 Å². The molecule has 1 unspecified atom stereocenters. The summed E-state index contributed by atoms with van der Waals surface area (Å²) in [5, 5.41) is 20.8. The van der Waals surface area contributed by atoms with Crippen molar-refractivity contribution in [1.82, 2.24) is 24.6 Å². The number of amides is 1. The topological polar surface area (TPSA) is 116 Å². The number of nitrogens with one attached hydrogen (secondary N) is 1. The molecule has 0 saturated carbocycles. The van der Waals surface area contributed by atoms with Gasteiger partial charge in [-0.2, -0.15) is 5.26 Å². The zero-order valence-electron chi connectivity index (χ0n) is 21.5. The fourth-order valence-electron chi connectivity index (χ4n) is 5.05. The van der Waals surface area contributed by atoms with Gasteiger partial charge in [-0.3, -0.25) is 4.40 Å². The van der Waals surface area contributed by atoms with Gasteiger partial charge in [0.25, 0.3) is 0 Å². The molecule has 3 heterocycles. The molecule has 0 spiro atoms. The van der Waals surface area contributed by atoms with Crippen LogP contribution in [-0.4, -0.2) is 57.2 Å². The molecule has 0 aliphatic carbocycles. The van der Waals surface area contributed by atoms with E-state index in [9.17, 15) is 10.1 Å². The maximum atomic E-state index is 11.1. The maximum Gasteiger partial charge on any atom is 0.405 e. The predicted molar refractivity (Wildman–Crippen MR) is 144 cm³/mol. The van der Waals surface area contributed by atoms with Crippen molar-refractivity contribution in [2.75, 3.05) is 26.7 Å². The summed E-state index contributed by atoms with van der Waals surface area (Å²) in [6, 6.07) is 16.9. The average molecular weight is 511 g/mol. The third kappa shape index (κ3) is 5.31. The molecule has 38 heavy (non-hydrogen) atoms. The van der Waals surface area contributed by atoms with Gasteiger partial charge in [0.2, 0.25) is 5.88 Å². The van der Waals surface area contributed by atoms with Crippen LogP contribution in [0.25, 0.3) is 28.0 Å². The third-order valence-electron chi connectivity index (χ3n) is 7.03. The SMILES string of the molecule is CC(NC(=O)O)c1ccc(-c2c(-c3ccc(C#N)cc3)nc(OC[C@@H]3CCCN(C)C3)c3cncn23)cc1. The number of imidazole rings is 1. The molecule has 5 rings (SSSR count). The van der Waals surface area contributed by atoms with E-state index in [-0.39, 0.29) is 6.04 Å². The molecule has 1 aliphatic rings. The van der Waals surface area contributed by atoms with Gasteiger partial charge in [0, 0.05) is 23.6 Å². The number of hydrogen-bond acceptors (Lipinski definition) is 6. The Bertz CT molecular complexity index is 1470. The lowest BCUT2D eigenvalue weighted by molar-refractivity contribution is 0.148. The molecule has 1 fully saturated rings. The van der Waals surface area contributed by atoms with Crippen molar-refractivity contribution in [3.63, 3.8) is 0 Å². The predicted octanol–water partition coefficient (Wildman–Crippen LogP) is 4.98. The molecule has 9 heteroatoms. The lowest BCUT2D eigenvalue weighted by Gasteiger charge is -2.29. The summed E-state index contributed by atoms with van der Waals surface area (Å²) in [6.45, 7) is 4.49. The number of rotatable bonds is 7. The lowest BCUT2D eigenvalue weighted by Crippen LogP contribution is -2.34. The number of nitrogens with zero attached hydrogens (tertiary/aromatic N) is 5. The number of nitriles is 1. The van der Waals surface area contributed by atoms with Crippen LogP contribution in [0.15, 0.2) is 61.1 Å². The lowest BCUT2D eigenvalue weighted by atomic mass is 9.99. The number of aromatic nitrogens is 3. The minimum Gasteiger partial charge on any atom is -0.476 e. The number of benzene rings is 2. The molecule has 1 saturated heterocycles. The summed E-state index contributed by atoms with van der Waals surface area (Å²) in [4.78, 5) is 22.8. The number of hydrogen-bond donors (Lipinski definition) is 2. The summed E-state index contributed by atoms with van der Waals surface area (Å²) in [5.41, 5.74) is 5.47. The van der Waals surface area contributed by atoms with Crippen molar-refractivity contribution in [3.8, 4) is 34.5 Å². The Morgan fingerprint density at radius 3 is 2.63 bits per heavy atom. The van der Waals surface area contributed by atoms with Crippen LogP contribution in [0.3, 0.4) is 0 Å². The Labute approximate surface area is 221 Å². The van der Waals surface area contributed by atoms with Gasteiger partial charge in [-0.05, 0) is 51.1 Å². The average Bonchev–Trinajstić information content (AvgIpc) is 3.41. The summed E-state index contributed by atoms with van der Waals surface area (Å²) in [7, 11) is 2.14. The van der Waals surface area contributed by atoms with E-state index >= 15 is 0 Å². The van der Waals surface area contributed by atoms with Crippen LogP contribution in [0.5, 0.6) is 5.88 Å². The number of carbonyl (C=O) groups is 1. The maximum absolute atomic E-state index is 11.1. The first-order chi connectivity index (χ1) is 18.4. The molecule has 1 aliphatic heterocycles. The van der Waals surface area contributed by atoms with Gasteiger partial charge in [0.1, 0.15) is 5.52 Å². The summed E-state index contributed by atoms with van der Waals surface area (Å²) in [6.07, 6.45) is 4.73. The molecule has 9 nitrogen and oxygen atoms in total. The van der Waals surface area contributed by atoms with E-state index < -0.39 is 6.09 Å². The highest BCUT2D eigenvalue weighted by molar-refractivity contribution is 5.82. The summed E-state index contributed by atoms with van der Waals surface area (Å²) >= 11 is 0. The largest absolute Gasteiger partial charge is 0.476 e. The van der Waals surface area contributed by atoms with Crippen LogP contribution in [0.2, 0.25) is 0 Å². The van der Waals surface area contributed by atoms with Crippen LogP contribution in [0.4, 0.5) is 4.79 Å². The molecule has 0 radical (unpaired) electrons. The van der Waals surface area contributed by atoms with Gasteiger partial charge in [-0.15, -0.1) is 0 Å². The fraction of sp³-hybridized carbons (Fsp3) is 0.310. The van der Waals surface area contributed by atoms with Crippen molar-refractivity contribution in [3.05, 3.63) is 72.2 Å². The van der Waals surface area contributed by atoms with Gasteiger partial charge < -0.3 is 20.1 Å². The Morgan fingerprint density at radius 2 is 1.95 bits per heavy atom. The minimum absolute atomic E-state index is 0.347. The monoisotopic (exact) mass is 510 g/mol. The van der Waals surface area contributed by atoms with Gasteiger partial charge in [-0.1, -0.05) is 36.4 Å². The van der Waals surface area contributed by atoms with Crippen LogP contribution >= 0.6 is 0 Å². The van der Waals surface area contributed by atoms with Crippen molar-refractivity contribution in [2.45, 2.75) is 25.8 Å². The fourth-order valence-corrected chi connectivity index (χ4v) is 5.05. The first kappa shape index (κ1) is 25.2. The van der Waals surface area contributed by atoms with E-state index in [1.807, 2.05) is 40.8 Å². The Balaban J connectivity index is 1.57. The van der Waals surface area contributed by atoms with Crippen LogP contribution < -0.4 is 10.1 Å². The van der Waals surface area contributed by atoms with Crippen LogP contribution in [0.1, 0.15) is 36.9 Å². The highest BCUT2D eigenvalue weighted by Crippen LogP contribution is 2.36. The zero-order chi connectivity index (χ0) is 26.6. The molecule has 4 aromatic rings. The molecule has 0 bridgehead atoms. The molecule has 2 atom stereocenters. The third-order valence-corrected chi connectivity index (χ3v) is 7.03. The van der Waals surface area contributed by atoms with Crippen molar-refractivity contribution >= 4 is 11.6 Å². The van der Waals surface area contributed by atoms with Gasteiger partial charge >= 0.3 is 6.09 Å². The molecular formula is C29H30N6O3. The second-order valence-electron chi connectivity index (χ2n) is 9.83. The quantitative estimate of drug-likeness (QED) is 0.360. The Hall–Kier alpha value is -4.42. The van der Waals surface area contributed by atoms with E-state index in [1.54, 1.807) is 31.6 Å². The Kier molecular flexibility index (Phi) is 7.24. The molecule has 2 aromatic heterocycles. The number of piperidine rings is 1.